The van der Waals surface area contributed by atoms with Crippen LogP contribution in [0.1, 0.15) is 239 Å². The molecule has 0 aromatic carbocycles. The molecule has 0 aliphatic heterocycles. The van der Waals surface area contributed by atoms with Crippen LogP contribution in [0.2, 0.25) is 0 Å². The molecule has 0 saturated carbocycles. The van der Waals surface area contributed by atoms with E-state index in [1.807, 2.05) is 0 Å². The monoisotopic (exact) mass is 825 g/mol. The van der Waals surface area contributed by atoms with Gasteiger partial charge in [0.25, 0.3) is 0 Å². The van der Waals surface area contributed by atoms with Gasteiger partial charge in [-0.3, -0.25) is 14.4 Å². The highest BCUT2D eigenvalue weighted by Gasteiger charge is 2.19. The number of esters is 3. The van der Waals surface area contributed by atoms with Crippen LogP contribution in [0.4, 0.5) is 0 Å². The molecule has 0 saturated heterocycles. The Morgan fingerprint density at radius 1 is 0.356 bits per heavy atom. The number of ether oxygens (including phenoxy) is 3. The van der Waals surface area contributed by atoms with E-state index in [1.54, 1.807) is 0 Å². The molecular weight excluding hydrogens is 733 g/mol. The molecule has 0 N–H and O–H groups in total. The Morgan fingerprint density at radius 2 is 0.678 bits per heavy atom. The van der Waals surface area contributed by atoms with Gasteiger partial charge in [-0.1, -0.05) is 204 Å². The minimum Gasteiger partial charge on any atom is -0.462 e. The van der Waals surface area contributed by atoms with Crippen molar-refractivity contribution in [1.29, 1.82) is 0 Å². The largest absolute Gasteiger partial charge is 0.462 e. The summed E-state index contributed by atoms with van der Waals surface area (Å²) < 4.78 is 16.7. The fourth-order valence-corrected chi connectivity index (χ4v) is 6.79. The van der Waals surface area contributed by atoms with E-state index in [-0.39, 0.29) is 37.5 Å². The van der Waals surface area contributed by atoms with Crippen LogP contribution in [0.25, 0.3) is 0 Å². The van der Waals surface area contributed by atoms with Gasteiger partial charge in [-0.05, 0) is 77.0 Å². The minimum absolute atomic E-state index is 0.0942. The lowest BCUT2D eigenvalue weighted by atomic mass is 10.0. The lowest BCUT2D eigenvalue weighted by Crippen LogP contribution is -2.30. The Bertz CT molecular complexity index is 1090. The number of allylic oxidation sites excluding steroid dienone is 10. The van der Waals surface area contributed by atoms with E-state index in [0.717, 1.165) is 89.9 Å². The fourth-order valence-electron chi connectivity index (χ4n) is 6.79. The van der Waals surface area contributed by atoms with Gasteiger partial charge in [-0.15, -0.1) is 0 Å². The molecule has 0 heterocycles. The van der Waals surface area contributed by atoms with Crippen molar-refractivity contribution in [3.63, 3.8) is 0 Å². The lowest BCUT2D eigenvalue weighted by molar-refractivity contribution is -0.167. The average molecular weight is 825 g/mol. The van der Waals surface area contributed by atoms with Crippen molar-refractivity contribution in [2.75, 3.05) is 13.2 Å². The summed E-state index contributed by atoms with van der Waals surface area (Å²) in [4.78, 5) is 37.8. The van der Waals surface area contributed by atoms with Gasteiger partial charge in [0, 0.05) is 19.3 Å². The zero-order valence-corrected chi connectivity index (χ0v) is 38.8. The van der Waals surface area contributed by atoms with Crippen LogP contribution in [0.5, 0.6) is 0 Å². The molecule has 0 spiro atoms. The number of hydrogen-bond acceptors (Lipinski definition) is 6. The smallest absolute Gasteiger partial charge is 0.306 e. The minimum atomic E-state index is -0.798. The third kappa shape index (κ3) is 46.0. The molecule has 0 bridgehead atoms. The predicted molar refractivity (Wildman–Crippen MR) is 251 cm³/mol. The van der Waals surface area contributed by atoms with Crippen LogP contribution in [0.15, 0.2) is 60.8 Å². The Balaban J connectivity index is 4.45. The van der Waals surface area contributed by atoms with E-state index in [2.05, 4.69) is 81.5 Å². The summed E-state index contributed by atoms with van der Waals surface area (Å²) >= 11 is 0. The first-order valence-corrected chi connectivity index (χ1v) is 24.8. The molecule has 0 amide bonds. The van der Waals surface area contributed by atoms with Crippen LogP contribution in [0, 0.1) is 0 Å². The van der Waals surface area contributed by atoms with E-state index in [1.165, 1.54) is 103 Å². The molecule has 0 radical (unpaired) electrons. The maximum atomic E-state index is 12.7. The molecule has 0 aromatic rings. The van der Waals surface area contributed by atoms with Crippen molar-refractivity contribution in [2.24, 2.45) is 0 Å². The standard InChI is InChI=1S/C53H92O6/c1-4-7-10-13-16-19-22-25-26-27-28-29-32-34-37-40-43-46-52(55)58-49-50(59-53(56)47-44-41-38-35-31-24-21-18-15-12-9-6-3)48-57-51(54)45-42-39-36-33-30-23-20-17-14-11-8-5-2/h9,12,18,21,25-26,28-29,34,37,50H,4-8,10-11,13-17,19-20,22-24,27,30-33,35-36,38-49H2,1-3H3/b12-9-,21-18-,26-25-,29-28-,37-34-. The van der Waals surface area contributed by atoms with Crippen LogP contribution >= 0.6 is 0 Å². The highest BCUT2D eigenvalue weighted by Crippen LogP contribution is 2.14. The van der Waals surface area contributed by atoms with Crippen LogP contribution in [-0.2, 0) is 28.6 Å². The van der Waals surface area contributed by atoms with Gasteiger partial charge in [-0.2, -0.15) is 0 Å². The molecule has 0 rings (SSSR count). The van der Waals surface area contributed by atoms with E-state index in [4.69, 9.17) is 14.2 Å². The summed E-state index contributed by atoms with van der Waals surface area (Å²) in [5.41, 5.74) is 0. The van der Waals surface area contributed by atoms with Gasteiger partial charge >= 0.3 is 17.9 Å². The topological polar surface area (TPSA) is 78.9 Å². The molecule has 340 valence electrons. The third-order valence-electron chi connectivity index (χ3n) is 10.5. The van der Waals surface area contributed by atoms with E-state index >= 15 is 0 Å². The third-order valence-corrected chi connectivity index (χ3v) is 10.5. The number of rotatable bonds is 44. The Morgan fingerprint density at radius 3 is 1.10 bits per heavy atom. The number of unbranched alkanes of at least 4 members (excludes halogenated alkanes) is 23. The van der Waals surface area contributed by atoms with Crippen molar-refractivity contribution in [3.8, 4) is 0 Å². The summed E-state index contributed by atoms with van der Waals surface area (Å²) in [5, 5.41) is 0. The van der Waals surface area contributed by atoms with E-state index < -0.39 is 6.10 Å². The quantitative estimate of drug-likeness (QED) is 0.0263. The van der Waals surface area contributed by atoms with Gasteiger partial charge in [0.05, 0.1) is 0 Å². The Kier molecular flexibility index (Phi) is 45.4. The summed E-state index contributed by atoms with van der Waals surface area (Å²) in [6, 6.07) is 0. The van der Waals surface area contributed by atoms with Gasteiger partial charge in [0.15, 0.2) is 6.10 Å². The number of carbonyl (C=O) groups excluding carboxylic acids is 3. The molecule has 0 aliphatic carbocycles. The lowest BCUT2D eigenvalue weighted by Gasteiger charge is -2.18. The normalized spacial score (nSPS) is 12.5. The van der Waals surface area contributed by atoms with Crippen LogP contribution in [-0.4, -0.2) is 37.2 Å². The maximum Gasteiger partial charge on any atom is 0.306 e. The Hall–Kier alpha value is -2.89. The molecule has 1 unspecified atom stereocenters. The van der Waals surface area contributed by atoms with Crippen LogP contribution in [0.3, 0.4) is 0 Å². The van der Waals surface area contributed by atoms with Gasteiger partial charge in [-0.25, -0.2) is 0 Å². The number of hydrogen-bond donors (Lipinski definition) is 0. The summed E-state index contributed by atoms with van der Waals surface area (Å²) in [6.45, 7) is 6.46. The predicted octanol–water partition coefficient (Wildman–Crippen LogP) is 16.1. The number of carbonyl (C=O) groups is 3. The first-order valence-electron chi connectivity index (χ1n) is 24.8. The van der Waals surface area contributed by atoms with Crippen molar-refractivity contribution < 1.29 is 28.6 Å². The average Bonchev–Trinajstić information content (AvgIpc) is 3.23. The maximum absolute atomic E-state index is 12.7. The molecule has 59 heavy (non-hydrogen) atoms. The highest BCUT2D eigenvalue weighted by atomic mass is 16.6. The van der Waals surface area contributed by atoms with Crippen LogP contribution < -0.4 is 0 Å². The van der Waals surface area contributed by atoms with Crippen molar-refractivity contribution in [2.45, 2.75) is 245 Å². The molecule has 0 aliphatic rings. The first kappa shape index (κ1) is 56.1. The summed E-state index contributed by atoms with van der Waals surface area (Å²) in [7, 11) is 0. The van der Waals surface area contributed by atoms with Gasteiger partial charge < -0.3 is 14.2 Å². The second-order valence-corrected chi connectivity index (χ2v) is 16.3. The molecule has 0 aromatic heterocycles. The fraction of sp³-hybridized carbons (Fsp3) is 0.755. The molecule has 1 atom stereocenters. The second kappa shape index (κ2) is 47.8. The first-order chi connectivity index (χ1) is 29.0. The summed E-state index contributed by atoms with van der Waals surface area (Å²) in [5.74, 6) is -0.963. The zero-order valence-electron chi connectivity index (χ0n) is 38.8. The zero-order chi connectivity index (χ0) is 43.0. The molecule has 6 nitrogen and oxygen atoms in total. The highest BCUT2D eigenvalue weighted by molar-refractivity contribution is 5.71. The Labute approximate surface area is 364 Å². The van der Waals surface area contributed by atoms with E-state index in [9.17, 15) is 14.4 Å². The SMILES string of the molecule is CC/C=C\C/C=C\CCCCCCCC(=O)OC(COC(=O)CCC/C=C\C/C=C\C/C=C\CCCCCCCC)COC(=O)CCCCCCCCCCCCCC. The van der Waals surface area contributed by atoms with Gasteiger partial charge in [0.1, 0.15) is 13.2 Å². The molecule has 6 heteroatoms. The van der Waals surface area contributed by atoms with Gasteiger partial charge in [0.2, 0.25) is 0 Å². The van der Waals surface area contributed by atoms with Crippen molar-refractivity contribution >= 4 is 17.9 Å². The molecule has 0 fully saturated rings. The van der Waals surface area contributed by atoms with Crippen molar-refractivity contribution in [1.82, 2.24) is 0 Å². The molecular formula is C53H92O6. The summed E-state index contributed by atoms with van der Waals surface area (Å²) in [6.07, 6.45) is 57.8. The van der Waals surface area contributed by atoms with E-state index in [0.29, 0.717) is 19.3 Å². The second-order valence-electron chi connectivity index (χ2n) is 16.3. The van der Waals surface area contributed by atoms with Crippen molar-refractivity contribution in [3.05, 3.63) is 60.8 Å².